The van der Waals surface area contributed by atoms with E-state index in [9.17, 15) is 9.50 Å². The fourth-order valence-corrected chi connectivity index (χ4v) is 2.09. The Labute approximate surface area is 116 Å². The molecule has 2 nitrogen and oxygen atoms in total. The van der Waals surface area contributed by atoms with E-state index in [-0.39, 0.29) is 5.56 Å². The number of hydrogen-bond acceptors (Lipinski definition) is 2. The fraction of sp³-hybridized carbons (Fsp3) is 0.200. The third-order valence-electron chi connectivity index (χ3n) is 2.91. The maximum atomic E-state index is 13.8. The van der Waals surface area contributed by atoms with Gasteiger partial charge in [0.2, 0.25) is 0 Å². The summed E-state index contributed by atoms with van der Waals surface area (Å²) in [6.07, 6.45) is -0.661. The molecule has 2 rings (SSSR count). The van der Waals surface area contributed by atoms with Gasteiger partial charge in [-0.2, -0.15) is 0 Å². The molecule has 4 heteroatoms. The number of hydrogen-bond donors (Lipinski definition) is 1. The first-order valence-electron chi connectivity index (χ1n) is 5.86. The van der Waals surface area contributed by atoms with Gasteiger partial charge < -0.3 is 9.84 Å². The zero-order valence-corrected chi connectivity index (χ0v) is 11.2. The molecule has 0 aliphatic heterocycles. The average Bonchev–Trinajstić information content (AvgIpc) is 2.40. The Kier molecular flexibility index (Phi) is 4.40. The number of methoxy groups -OCH3 is 1. The second kappa shape index (κ2) is 6.04. The molecule has 2 aromatic rings. The molecule has 0 heterocycles. The molecule has 1 atom stereocenters. The van der Waals surface area contributed by atoms with Gasteiger partial charge in [-0.25, -0.2) is 4.39 Å². The molecule has 19 heavy (non-hydrogen) atoms. The van der Waals surface area contributed by atoms with Crippen molar-refractivity contribution in [3.05, 3.63) is 64.4 Å². The Hall–Kier alpha value is -1.58. The molecule has 0 amide bonds. The van der Waals surface area contributed by atoms with Crippen LogP contribution in [0.15, 0.2) is 42.5 Å². The van der Waals surface area contributed by atoms with Crippen LogP contribution in [0.2, 0.25) is 5.02 Å². The summed E-state index contributed by atoms with van der Waals surface area (Å²) in [4.78, 5) is 0. The Morgan fingerprint density at radius 2 is 1.89 bits per heavy atom. The Morgan fingerprint density at radius 1 is 1.21 bits per heavy atom. The highest BCUT2D eigenvalue weighted by molar-refractivity contribution is 6.30. The van der Waals surface area contributed by atoms with E-state index < -0.39 is 11.9 Å². The first kappa shape index (κ1) is 13.8. The quantitative estimate of drug-likeness (QED) is 0.924. The van der Waals surface area contributed by atoms with Gasteiger partial charge >= 0.3 is 0 Å². The largest absolute Gasteiger partial charge is 0.496 e. The molecule has 2 aromatic carbocycles. The minimum Gasteiger partial charge on any atom is -0.496 e. The zero-order valence-electron chi connectivity index (χ0n) is 10.4. The van der Waals surface area contributed by atoms with Crippen molar-refractivity contribution in [2.75, 3.05) is 7.11 Å². The Balaban J connectivity index is 2.24. The topological polar surface area (TPSA) is 29.5 Å². The maximum absolute atomic E-state index is 13.8. The van der Waals surface area contributed by atoms with E-state index in [0.29, 0.717) is 17.2 Å². The van der Waals surface area contributed by atoms with E-state index in [0.717, 1.165) is 5.56 Å². The highest BCUT2D eigenvalue weighted by Crippen LogP contribution is 2.30. The van der Waals surface area contributed by atoms with Crippen LogP contribution in [0, 0.1) is 5.82 Å². The maximum Gasteiger partial charge on any atom is 0.132 e. The van der Waals surface area contributed by atoms with Crippen LogP contribution in [0.1, 0.15) is 17.2 Å². The van der Waals surface area contributed by atoms with Gasteiger partial charge in [-0.1, -0.05) is 29.8 Å². The van der Waals surface area contributed by atoms with Gasteiger partial charge in [0.1, 0.15) is 11.6 Å². The van der Waals surface area contributed by atoms with Gasteiger partial charge in [-0.05, 0) is 29.8 Å². The number of benzene rings is 2. The summed E-state index contributed by atoms with van der Waals surface area (Å²) in [5.41, 5.74) is 1.06. The highest BCUT2D eigenvalue weighted by atomic mass is 35.5. The molecule has 0 aromatic heterocycles. The van der Waals surface area contributed by atoms with Gasteiger partial charge in [0.25, 0.3) is 0 Å². The van der Waals surface area contributed by atoms with Crippen molar-refractivity contribution in [1.29, 1.82) is 0 Å². The van der Waals surface area contributed by atoms with Crippen LogP contribution in [0.3, 0.4) is 0 Å². The van der Waals surface area contributed by atoms with E-state index in [1.165, 1.54) is 13.2 Å². The fourth-order valence-electron chi connectivity index (χ4n) is 1.96. The third-order valence-corrected chi connectivity index (χ3v) is 3.16. The van der Waals surface area contributed by atoms with Gasteiger partial charge in [-0.15, -0.1) is 0 Å². The molecule has 100 valence electrons. The van der Waals surface area contributed by atoms with Gasteiger partial charge in [0, 0.05) is 11.4 Å². The minimum absolute atomic E-state index is 0.181. The van der Waals surface area contributed by atoms with Gasteiger partial charge in [-0.3, -0.25) is 0 Å². The molecule has 0 saturated carbocycles. The van der Waals surface area contributed by atoms with Crippen LogP contribution in [0.25, 0.3) is 0 Å². The summed E-state index contributed by atoms with van der Waals surface area (Å²) in [5, 5.41) is 10.8. The number of rotatable bonds is 4. The zero-order chi connectivity index (χ0) is 13.8. The second-order valence-corrected chi connectivity index (χ2v) is 4.64. The minimum atomic E-state index is -0.961. The van der Waals surface area contributed by atoms with Crippen molar-refractivity contribution in [2.24, 2.45) is 0 Å². The van der Waals surface area contributed by atoms with Crippen LogP contribution in [-0.4, -0.2) is 12.2 Å². The predicted octanol–water partition coefficient (Wildman–Crippen LogP) is 3.76. The van der Waals surface area contributed by atoms with E-state index in [2.05, 4.69) is 0 Å². The lowest BCUT2D eigenvalue weighted by molar-refractivity contribution is 0.169. The van der Waals surface area contributed by atoms with Crippen LogP contribution in [0.4, 0.5) is 4.39 Å². The molecule has 0 aliphatic carbocycles. The predicted molar refractivity (Wildman–Crippen MR) is 73.1 cm³/mol. The normalized spacial score (nSPS) is 12.2. The lowest BCUT2D eigenvalue weighted by Crippen LogP contribution is -2.06. The Morgan fingerprint density at radius 3 is 2.53 bits per heavy atom. The molecular weight excluding hydrogens is 267 g/mol. The van der Waals surface area contributed by atoms with Gasteiger partial charge in [0.15, 0.2) is 0 Å². The standard InChI is InChI=1S/C15H14ClFO2/c1-19-14-4-2-3-12(17)15(14)13(18)9-10-5-7-11(16)8-6-10/h2-8,13,18H,9H2,1H3. The first-order valence-corrected chi connectivity index (χ1v) is 6.24. The lowest BCUT2D eigenvalue weighted by atomic mass is 10.00. The van der Waals surface area contributed by atoms with Crippen molar-refractivity contribution in [3.63, 3.8) is 0 Å². The number of aliphatic hydroxyl groups excluding tert-OH is 1. The summed E-state index contributed by atoms with van der Waals surface area (Å²) < 4.78 is 18.9. The van der Waals surface area contributed by atoms with Gasteiger partial charge in [0.05, 0.1) is 18.8 Å². The average molecular weight is 281 g/mol. The van der Waals surface area contributed by atoms with Crippen molar-refractivity contribution in [1.82, 2.24) is 0 Å². The number of halogens is 2. The molecule has 1 unspecified atom stereocenters. The number of ether oxygens (including phenoxy) is 1. The molecule has 0 bridgehead atoms. The Bertz CT molecular complexity index is 555. The summed E-state index contributed by atoms with van der Waals surface area (Å²) in [6.45, 7) is 0. The van der Waals surface area contributed by atoms with E-state index in [1.807, 2.05) is 0 Å². The van der Waals surface area contributed by atoms with Crippen molar-refractivity contribution < 1.29 is 14.2 Å². The second-order valence-electron chi connectivity index (χ2n) is 4.20. The summed E-state index contributed by atoms with van der Waals surface area (Å²) in [5.74, 6) is -0.123. The van der Waals surface area contributed by atoms with E-state index in [4.69, 9.17) is 16.3 Å². The van der Waals surface area contributed by atoms with E-state index >= 15 is 0 Å². The summed E-state index contributed by atoms with van der Waals surface area (Å²) in [6, 6.07) is 11.6. The molecule has 0 saturated heterocycles. The van der Waals surface area contributed by atoms with Crippen LogP contribution in [0.5, 0.6) is 5.75 Å². The molecule has 0 fully saturated rings. The molecule has 0 radical (unpaired) electrons. The molecule has 0 spiro atoms. The van der Waals surface area contributed by atoms with E-state index in [1.54, 1.807) is 36.4 Å². The molecule has 1 N–H and O–H groups in total. The number of aliphatic hydroxyl groups is 1. The first-order chi connectivity index (χ1) is 9.11. The summed E-state index contributed by atoms with van der Waals surface area (Å²) in [7, 11) is 1.45. The van der Waals surface area contributed by atoms with Crippen molar-refractivity contribution in [2.45, 2.75) is 12.5 Å². The monoisotopic (exact) mass is 280 g/mol. The lowest BCUT2D eigenvalue weighted by Gasteiger charge is -2.15. The highest BCUT2D eigenvalue weighted by Gasteiger charge is 2.18. The smallest absolute Gasteiger partial charge is 0.132 e. The SMILES string of the molecule is COc1cccc(F)c1C(O)Cc1ccc(Cl)cc1. The van der Waals surface area contributed by atoms with Crippen molar-refractivity contribution in [3.8, 4) is 5.75 Å². The van der Waals surface area contributed by atoms with Crippen molar-refractivity contribution >= 4 is 11.6 Å². The van der Waals surface area contributed by atoms with Crippen LogP contribution < -0.4 is 4.74 Å². The molecular formula is C15H14ClFO2. The van der Waals surface area contributed by atoms with Crippen LogP contribution >= 0.6 is 11.6 Å². The molecule has 0 aliphatic rings. The summed E-state index contributed by atoms with van der Waals surface area (Å²) >= 11 is 5.80. The third kappa shape index (κ3) is 3.25. The van der Waals surface area contributed by atoms with Crippen LogP contribution in [-0.2, 0) is 6.42 Å².